The van der Waals surface area contributed by atoms with Crippen molar-refractivity contribution in [1.82, 2.24) is 24.6 Å². The summed E-state index contributed by atoms with van der Waals surface area (Å²) in [5.41, 5.74) is 0.689. The highest BCUT2D eigenvalue weighted by molar-refractivity contribution is 5.88. The van der Waals surface area contributed by atoms with E-state index in [-0.39, 0.29) is 12.1 Å². The van der Waals surface area contributed by atoms with Crippen LogP contribution >= 0.6 is 0 Å². The molecule has 1 fully saturated rings. The van der Waals surface area contributed by atoms with Crippen molar-refractivity contribution >= 4 is 11.7 Å². The molecule has 1 aliphatic heterocycles. The van der Waals surface area contributed by atoms with Crippen LogP contribution in [0.15, 0.2) is 24.8 Å². The minimum atomic E-state index is -0.217. The van der Waals surface area contributed by atoms with E-state index >= 15 is 0 Å². The number of hydrogen-bond donors (Lipinski definition) is 2. The first-order valence-electron chi connectivity index (χ1n) is 8.77. The number of imidazole rings is 1. The lowest BCUT2D eigenvalue weighted by molar-refractivity contribution is 0.0940. The van der Waals surface area contributed by atoms with Crippen LogP contribution in [0.25, 0.3) is 0 Å². The minimum absolute atomic E-state index is 0.217. The van der Waals surface area contributed by atoms with Gasteiger partial charge in [-0.2, -0.15) is 5.10 Å². The first-order valence-corrected chi connectivity index (χ1v) is 8.77. The lowest BCUT2D eigenvalue weighted by Crippen LogP contribution is -2.33. The largest absolute Gasteiger partial charge is 0.376 e. The summed E-state index contributed by atoms with van der Waals surface area (Å²) >= 11 is 0. The number of ether oxygens (including phenoxy) is 1. The Kier molecular flexibility index (Phi) is 5.70. The molecule has 1 aliphatic rings. The summed E-state index contributed by atoms with van der Waals surface area (Å²) < 4.78 is 9.49. The fourth-order valence-electron chi connectivity index (χ4n) is 2.96. The van der Waals surface area contributed by atoms with E-state index in [2.05, 4.69) is 32.2 Å². The van der Waals surface area contributed by atoms with E-state index in [1.807, 2.05) is 24.0 Å². The van der Waals surface area contributed by atoms with Crippen molar-refractivity contribution in [2.75, 3.05) is 18.5 Å². The van der Waals surface area contributed by atoms with Crippen LogP contribution in [0, 0.1) is 12.8 Å². The average molecular weight is 346 g/mol. The molecule has 136 valence electrons. The Labute approximate surface area is 147 Å². The smallest absolute Gasteiger partial charge is 0.319 e. The van der Waals surface area contributed by atoms with Gasteiger partial charge in [-0.05, 0) is 25.7 Å². The number of aryl methyl sites for hydroxylation is 1. The number of carbonyl (C=O) groups excluding carboxylic acids is 1. The highest BCUT2D eigenvalue weighted by Crippen LogP contribution is 2.14. The molecule has 0 saturated carbocycles. The third-order valence-corrected chi connectivity index (χ3v) is 4.35. The standard InChI is InChI=1S/C17H26N6O2/c1-13(10-22-6-5-18-14(22)2)8-19-17(24)21-15-9-20-23(11-15)12-16-4-3-7-25-16/h5-6,9,11,13,16H,3-4,7-8,10,12H2,1-2H3,(H2,19,21,24)/t13-,16-/m1/s1. The summed E-state index contributed by atoms with van der Waals surface area (Å²) in [6, 6.07) is -0.217. The predicted octanol–water partition coefficient (Wildman–Crippen LogP) is 2.02. The molecule has 3 heterocycles. The van der Waals surface area contributed by atoms with Crippen molar-refractivity contribution in [1.29, 1.82) is 0 Å². The molecule has 2 N–H and O–H groups in total. The number of aromatic nitrogens is 4. The van der Waals surface area contributed by atoms with Crippen LogP contribution in [0.4, 0.5) is 10.5 Å². The van der Waals surface area contributed by atoms with Crippen LogP contribution in [-0.4, -0.2) is 44.6 Å². The molecule has 2 aromatic heterocycles. The average Bonchev–Trinajstić information content (AvgIpc) is 3.31. The van der Waals surface area contributed by atoms with Gasteiger partial charge in [0.25, 0.3) is 0 Å². The van der Waals surface area contributed by atoms with Gasteiger partial charge in [-0.1, -0.05) is 6.92 Å². The zero-order valence-corrected chi connectivity index (χ0v) is 14.8. The van der Waals surface area contributed by atoms with Gasteiger partial charge in [0.05, 0.1) is 24.5 Å². The Morgan fingerprint density at radius 3 is 3.12 bits per heavy atom. The van der Waals surface area contributed by atoms with Crippen LogP contribution < -0.4 is 10.6 Å². The van der Waals surface area contributed by atoms with Gasteiger partial charge < -0.3 is 19.9 Å². The quantitative estimate of drug-likeness (QED) is 0.803. The van der Waals surface area contributed by atoms with Gasteiger partial charge in [-0.25, -0.2) is 9.78 Å². The molecule has 2 aromatic rings. The maximum absolute atomic E-state index is 12.0. The SMILES string of the molecule is Cc1nccn1C[C@H](C)CNC(=O)Nc1cnn(C[C@H]2CCCO2)c1. The molecule has 0 aliphatic carbocycles. The molecule has 2 amide bonds. The monoisotopic (exact) mass is 346 g/mol. The fourth-order valence-corrected chi connectivity index (χ4v) is 2.96. The lowest BCUT2D eigenvalue weighted by Gasteiger charge is -2.14. The third-order valence-electron chi connectivity index (χ3n) is 4.35. The van der Waals surface area contributed by atoms with E-state index in [0.29, 0.717) is 18.2 Å². The molecule has 1 saturated heterocycles. The van der Waals surface area contributed by atoms with Gasteiger partial charge in [-0.3, -0.25) is 4.68 Å². The first-order chi connectivity index (χ1) is 12.1. The number of urea groups is 1. The van der Waals surface area contributed by atoms with Gasteiger partial charge in [0, 0.05) is 38.3 Å². The van der Waals surface area contributed by atoms with Crippen molar-refractivity contribution in [3.05, 3.63) is 30.6 Å². The second kappa shape index (κ2) is 8.15. The Morgan fingerprint density at radius 1 is 1.52 bits per heavy atom. The first kappa shape index (κ1) is 17.5. The summed E-state index contributed by atoms with van der Waals surface area (Å²) in [6.45, 7) is 7.04. The molecular formula is C17H26N6O2. The number of hydrogen-bond acceptors (Lipinski definition) is 4. The highest BCUT2D eigenvalue weighted by atomic mass is 16.5. The Hall–Kier alpha value is -2.35. The zero-order chi connectivity index (χ0) is 17.6. The van der Waals surface area contributed by atoms with E-state index in [1.54, 1.807) is 12.4 Å². The molecule has 25 heavy (non-hydrogen) atoms. The Morgan fingerprint density at radius 2 is 2.40 bits per heavy atom. The summed E-state index contributed by atoms with van der Waals surface area (Å²) in [7, 11) is 0. The van der Waals surface area contributed by atoms with Gasteiger partial charge in [-0.15, -0.1) is 0 Å². The van der Waals surface area contributed by atoms with Crippen LogP contribution in [0.3, 0.4) is 0 Å². The van der Waals surface area contributed by atoms with Gasteiger partial charge in [0.1, 0.15) is 5.82 Å². The van der Waals surface area contributed by atoms with Crippen LogP contribution in [0.5, 0.6) is 0 Å². The summed E-state index contributed by atoms with van der Waals surface area (Å²) in [5.74, 6) is 1.29. The van der Waals surface area contributed by atoms with Crippen molar-refractivity contribution in [3.8, 4) is 0 Å². The molecule has 0 aromatic carbocycles. The molecule has 0 spiro atoms. The van der Waals surface area contributed by atoms with E-state index in [0.717, 1.165) is 38.4 Å². The van der Waals surface area contributed by atoms with Crippen LogP contribution in [0.1, 0.15) is 25.6 Å². The maximum atomic E-state index is 12.0. The summed E-state index contributed by atoms with van der Waals surface area (Å²) in [5, 5.41) is 9.99. The molecule has 8 heteroatoms. The second-order valence-electron chi connectivity index (χ2n) is 6.65. The lowest BCUT2D eigenvalue weighted by atomic mass is 10.2. The van der Waals surface area contributed by atoms with E-state index < -0.39 is 0 Å². The summed E-state index contributed by atoms with van der Waals surface area (Å²) in [6.07, 6.45) is 9.64. The van der Waals surface area contributed by atoms with Crippen molar-refractivity contribution in [2.24, 2.45) is 5.92 Å². The van der Waals surface area contributed by atoms with Crippen molar-refractivity contribution in [2.45, 2.75) is 45.9 Å². The summed E-state index contributed by atoms with van der Waals surface area (Å²) in [4.78, 5) is 16.2. The molecular weight excluding hydrogens is 320 g/mol. The second-order valence-corrected chi connectivity index (χ2v) is 6.65. The maximum Gasteiger partial charge on any atom is 0.319 e. The number of amides is 2. The topological polar surface area (TPSA) is 86.0 Å². The number of anilines is 1. The number of nitrogens with one attached hydrogen (secondary N) is 2. The fraction of sp³-hybridized carbons (Fsp3) is 0.588. The van der Waals surface area contributed by atoms with Gasteiger partial charge >= 0.3 is 6.03 Å². The molecule has 0 radical (unpaired) electrons. The minimum Gasteiger partial charge on any atom is -0.376 e. The third kappa shape index (κ3) is 5.06. The predicted molar refractivity (Wildman–Crippen MR) is 94.4 cm³/mol. The zero-order valence-electron chi connectivity index (χ0n) is 14.8. The van der Waals surface area contributed by atoms with E-state index in [9.17, 15) is 4.79 Å². The highest BCUT2D eigenvalue weighted by Gasteiger charge is 2.16. The number of rotatable bonds is 7. The van der Waals surface area contributed by atoms with Crippen molar-refractivity contribution < 1.29 is 9.53 Å². The number of carbonyl (C=O) groups is 1. The molecule has 2 atom stereocenters. The van der Waals surface area contributed by atoms with Crippen LogP contribution in [0.2, 0.25) is 0 Å². The Balaban J connectivity index is 1.40. The van der Waals surface area contributed by atoms with E-state index in [1.165, 1.54) is 0 Å². The molecule has 8 nitrogen and oxygen atoms in total. The van der Waals surface area contributed by atoms with Crippen LogP contribution in [-0.2, 0) is 17.8 Å². The van der Waals surface area contributed by atoms with Gasteiger partial charge in [0.15, 0.2) is 0 Å². The molecule has 0 bridgehead atoms. The number of nitrogens with zero attached hydrogens (tertiary/aromatic N) is 4. The van der Waals surface area contributed by atoms with Gasteiger partial charge in [0.2, 0.25) is 0 Å². The molecule has 3 rings (SSSR count). The molecule has 0 unspecified atom stereocenters. The van der Waals surface area contributed by atoms with Crippen molar-refractivity contribution in [3.63, 3.8) is 0 Å². The normalized spacial score (nSPS) is 18.2. The van der Waals surface area contributed by atoms with E-state index in [4.69, 9.17) is 4.74 Å². The Bertz CT molecular complexity index is 689.